The third-order valence-corrected chi connectivity index (χ3v) is 5.78. The number of thioether (sulfide) groups is 1. The second-order valence-corrected chi connectivity index (χ2v) is 7.30. The van der Waals surface area contributed by atoms with Crippen LogP contribution in [0.4, 0.5) is 0 Å². The molecule has 0 bridgehead atoms. The van der Waals surface area contributed by atoms with Gasteiger partial charge in [-0.3, -0.25) is 4.79 Å². The van der Waals surface area contributed by atoms with Crippen LogP contribution in [0.2, 0.25) is 0 Å². The summed E-state index contributed by atoms with van der Waals surface area (Å²) >= 11 is 1.52. The number of nitrogens with zero attached hydrogens (tertiary/aromatic N) is 2. The molecule has 0 N–H and O–H groups in total. The molecule has 0 saturated heterocycles. The number of carbonyl (C=O) groups is 1. The number of rotatable bonds is 9. The number of methoxy groups -OCH3 is 2. The smallest absolute Gasteiger partial charge is 0.176 e. The van der Waals surface area contributed by atoms with Gasteiger partial charge in [-0.05, 0) is 42.8 Å². The Labute approximate surface area is 163 Å². The minimum atomic E-state index is -0.198. The molecular formula is C21H24N2O3S. The molecule has 0 aliphatic heterocycles. The lowest BCUT2D eigenvalue weighted by Crippen LogP contribution is -2.18. The summed E-state index contributed by atoms with van der Waals surface area (Å²) in [6.07, 6.45) is 0.725. The van der Waals surface area contributed by atoms with Crippen molar-refractivity contribution < 1.29 is 14.3 Å². The second kappa shape index (κ2) is 9.06. The van der Waals surface area contributed by atoms with Crippen LogP contribution in [0.1, 0.15) is 23.7 Å². The van der Waals surface area contributed by atoms with Crippen molar-refractivity contribution in [3.05, 3.63) is 54.1 Å². The van der Waals surface area contributed by atoms with Crippen molar-refractivity contribution in [2.75, 3.05) is 20.8 Å². The Morgan fingerprint density at radius 1 is 1.15 bits per heavy atom. The van der Waals surface area contributed by atoms with E-state index in [0.29, 0.717) is 18.7 Å². The van der Waals surface area contributed by atoms with E-state index < -0.39 is 0 Å². The van der Waals surface area contributed by atoms with Gasteiger partial charge in [0.05, 0.1) is 30.0 Å². The van der Waals surface area contributed by atoms with E-state index in [0.717, 1.165) is 28.4 Å². The molecular weight excluding hydrogens is 360 g/mol. The van der Waals surface area contributed by atoms with E-state index in [4.69, 9.17) is 14.5 Å². The topological polar surface area (TPSA) is 53.4 Å². The van der Waals surface area contributed by atoms with E-state index in [1.807, 2.05) is 55.5 Å². The highest BCUT2D eigenvalue weighted by Crippen LogP contribution is 2.31. The fourth-order valence-corrected chi connectivity index (χ4v) is 4.06. The molecule has 3 rings (SSSR count). The van der Waals surface area contributed by atoms with Gasteiger partial charge in [0.1, 0.15) is 5.75 Å². The van der Waals surface area contributed by atoms with E-state index >= 15 is 0 Å². The highest BCUT2D eigenvalue weighted by Gasteiger charge is 2.23. The predicted molar refractivity (Wildman–Crippen MR) is 109 cm³/mol. The largest absolute Gasteiger partial charge is 0.497 e. The molecule has 6 heteroatoms. The number of ether oxygens (including phenoxy) is 2. The van der Waals surface area contributed by atoms with Crippen molar-refractivity contribution in [3.8, 4) is 5.75 Å². The summed E-state index contributed by atoms with van der Waals surface area (Å²) in [6, 6.07) is 15.3. The second-order valence-electron chi connectivity index (χ2n) is 6.14. The van der Waals surface area contributed by atoms with Crippen LogP contribution in [0.3, 0.4) is 0 Å². The van der Waals surface area contributed by atoms with Crippen LogP contribution in [0.15, 0.2) is 53.7 Å². The highest BCUT2D eigenvalue weighted by molar-refractivity contribution is 8.00. The molecule has 0 aliphatic carbocycles. The third kappa shape index (κ3) is 4.34. The fourth-order valence-electron chi connectivity index (χ4n) is 2.93. The van der Waals surface area contributed by atoms with Crippen LogP contribution in [0.25, 0.3) is 11.0 Å². The van der Waals surface area contributed by atoms with Crippen molar-refractivity contribution in [2.45, 2.75) is 30.3 Å². The molecule has 1 aromatic heterocycles. The van der Waals surface area contributed by atoms with Crippen molar-refractivity contribution in [1.29, 1.82) is 0 Å². The molecule has 0 amide bonds. The molecule has 1 unspecified atom stereocenters. The van der Waals surface area contributed by atoms with Gasteiger partial charge < -0.3 is 14.0 Å². The van der Waals surface area contributed by atoms with Crippen LogP contribution in [0, 0.1) is 0 Å². The monoisotopic (exact) mass is 384 g/mol. The number of hydrogen-bond acceptors (Lipinski definition) is 5. The van der Waals surface area contributed by atoms with Crippen LogP contribution < -0.4 is 4.74 Å². The number of carbonyl (C=O) groups excluding carboxylic acids is 1. The van der Waals surface area contributed by atoms with Gasteiger partial charge in [0.15, 0.2) is 10.9 Å². The van der Waals surface area contributed by atoms with Gasteiger partial charge in [0, 0.05) is 19.2 Å². The Bertz CT molecular complexity index is 905. The first-order valence-electron chi connectivity index (χ1n) is 8.97. The van der Waals surface area contributed by atoms with Crippen molar-refractivity contribution in [1.82, 2.24) is 9.55 Å². The summed E-state index contributed by atoms with van der Waals surface area (Å²) in [4.78, 5) is 17.8. The SMILES string of the molecule is CCC(Sc1nc2ccccc2n1CCOC)C(=O)c1ccc(OC)cc1. The Kier molecular flexibility index (Phi) is 6.53. The normalized spacial score (nSPS) is 12.3. The first-order chi connectivity index (χ1) is 13.2. The molecule has 27 heavy (non-hydrogen) atoms. The Hall–Kier alpha value is -2.31. The van der Waals surface area contributed by atoms with Gasteiger partial charge in [-0.1, -0.05) is 30.8 Å². The van der Waals surface area contributed by atoms with Gasteiger partial charge >= 0.3 is 0 Å². The first-order valence-corrected chi connectivity index (χ1v) is 9.85. The van der Waals surface area contributed by atoms with Crippen molar-refractivity contribution in [3.63, 3.8) is 0 Å². The highest BCUT2D eigenvalue weighted by atomic mass is 32.2. The number of ketones is 1. The van der Waals surface area contributed by atoms with Crippen LogP contribution in [0.5, 0.6) is 5.75 Å². The van der Waals surface area contributed by atoms with E-state index in [9.17, 15) is 4.79 Å². The van der Waals surface area contributed by atoms with E-state index in [-0.39, 0.29) is 11.0 Å². The molecule has 0 spiro atoms. The average Bonchev–Trinajstić information content (AvgIpc) is 3.07. The molecule has 0 saturated carbocycles. The Morgan fingerprint density at radius 3 is 2.56 bits per heavy atom. The standard InChI is InChI=1S/C21H24N2O3S/c1-4-19(20(24)15-9-11-16(26-3)12-10-15)27-21-22-17-7-5-6-8-18(17)23(21)13-14-25-2/h5-12,19H,4,13-14H2,1-3H3. The zero-order valence-corrected chi connectivity index (χ0v) is 16.7. The Morgan fingerprint density at radius 2 is 1.89 bits per heavy atom. The number of para-hydroxylation sites is 2. The molecule has 142 valence electrons. The number of aromatic nitrogens is 2. The molecule has 5 nitrogen and oxygen atoms in total. The molecule has 1 heterocycles. The lowest BCUT2D eigenvalue weighted by molar-refractivity contribution is 0.0988. The number of fused-ring (bicyclic) bond motifs is 1. The fraction of sp³-hybridized carbons (Fsp3) is 0.333. The molecule has 0 aliphatic rings. The molecule has 1 atom stereocenters. The average molecular weight is 385 g/mol. The van der Waals surface area contributed by atoms with Gasteiger partial charge in [-0.2, -0.15) is 0 Å². The van der Waals surface area contributed by atoms with Crippen molar-refractivity contribution in [2.24, 2.45) is 0 Å². The maximum Gasteiger partial charge on any atom is 0.176 e. The first kappa shape index (κ1) is 19.5. The minimum Gasteiger partial charge on any atom is -0.497 e. The van der Waals surface area contributed by atoms with Crippen molar-refractivity contribution >= 4 is 28.6 Å². The third-order valence-electron chi connectivity index (χ3n) is 4.42. The molecule has 0 radical (unpaired) electrons. The number of imidazole rings is 1. The van der Waals surface area contributed by atoms with E-state index in [1.54, 1.807) is 14.2 Å². The van der Waals surface area contributed by atoms with Crippen LogP contribution >= 0.6 is 11.8 Å². The quantitative estimate of drug-likeness (QED) is 0.403. The van der Waals surface area contributed by atoms with Gasteiger partial charge in [-0.15, -0.1) is 0 Å². The lowest BCUT2D eigenvalue weighted by Gasteiger charge is -2.15. The molecule has 0 fully saturated rings. The summed E-state index contributed by atoms with van der Waals surface area (Å²) in [5, 5.41) is 0.651. The summed E-state index contributed by atoms with van der Waals surface area (Å²) in [5.41, 5.74) is 2.68. The summed E-state index contributed by atoms with van der Waals surface area (Å²) in [7, 11) is 3.31. The van der Waals surface area contributed by atoms with Crippen LogP contribution in [-0.2, 0) is 11.3 Å². The lowest BCUT2D eigenvalue weighted by atomic mass is 10.1. The summed E-state index contributed by atoms with van der Waals surface area (Å²) in [5.74, 6) is 0.851. The summed E-state index contributed by atoms with van der Waals surface area (Å²) < 4.78 is 12.6. The predicted octanol–water partition coefficient (Wildman–Crippen LogP) is 4.44. The zero-order valence-electron chi connectivity index (χ0n) is 15.8. The van der Waals surface area contributed by atoms with Gasteiger partial charge in [0.2, 0.25) is 0 Å². The van der Waals surface area contributed by atoms with Crippen LogP contribution in [-0.4, -0.2) is 41.4 Å². The molecule has 2 aromatic carbocycles. The maximum absolute atomic E-state index is 13.0. The number of hydrogen-bond donors (Lipinski definition) is 0. The number of Topliss-reactive ketones (excluding diaryl/α,β-unsaturated/α-hetero) is 1. The van der Waals surface area contributed by atoms with Gasteiger partial charge in [0.25, 0.3) is 0 Å². The minimum absolute atomic E-state index is 0.107. The molecule has 3 aromatic rings. The number of benzene rings is 2. The van der Waals surface area contributed by atoms with E-state index in [2.05, 4.69) is 4.57 Å². The summed E-state index contributed by atoms with van der Waals surface area (Å²) in [6.45, 7) is 3.32. The van der Waals surface area contributed by atoms with E-state index in [1.165, 1.54) is 11.8 Å². The Balaban J connectivity index is 1.87. The van der Waals surface area contributed by atoms with Gasteiger partial charge in [-0.25, -0.2) is 4.98 Å². The maximum atomic E-state index is 13.0. The zero-order chi connectivity index (χ0) is 19.2.